The number of anilines is 1. The van der Waals surface area contributed by atoms with E-state index in [4.69, 9.17) is 0 Å². The summed E-state index contributed by atoms with van der Waals surface area (Å²) < 4.78 is 0. The molecule has 0 N–H and O–H groups in total. The second-order valence-corrected chi connectivity index (χ2v) is 8.16. The maximum absolute atomic E-state index is 12.9. The molecule has 1 amide bonds. The number of aromatic nitrogens is 1. The lowest BCUT2D eigenvalue weighted by Crippen LogP contribution is -2.46. The number of likely N-dealkylation sites (tertiary alicyclic amines) is 1. The van der Waals surface area contributed by atoms with Gasteiger partial charge in [0.2, 0.25) is 0 Å². The molecule has 0 unspecified atom stereocenters. The number of hydrogen-bond donors (Lipinski definition) is 0. The Labute approximate surface area is 168 Å². The van der Waals surface area contributed by atoms with Crippen molar-refractivity contribution in [2.45, 2.75) is 26.3 Å². The molecule has 148 valence electrons. The van der Waals surface area contributed by atoms with Gasteiger partial charge in [-0.1, -0.05) is 37.3 Å². The lowest BCUT2D eigenvalue weighted by Gasteiger charge is -2.36. The fourth-order valence-electron chi connectivity index (χ4n) is 4.12. The van der Waals surface area contributed by atoms with Crippen molar-refractivity contribution in [1.29, 1.82) is 0 Å². The summed E-state index contributed by atoms with van der Waals surface area (Å²) in [6.45, 7) is 8.97. The van der Waals surface area contributed by atoms with Crippen molar-refractivity contribution in [3.8, 4) is 0 Å². The first-order valence-corrected chi connectivity index (χ1v) is 10.4. The number of nitrogens with zero attached hydrogens (tertiary/aromatic N) is 4. The number of piperazine rings is 1. The number of piperidine rings is 1. The molecule has 3 heterocycles. The van der Waals surface area contributed by atoms with Crippen molar-refractivity contribution < 1.29 is 4.79 Å². The van der Waals surface area contributed by atoms with Crippen molar-refractivity contribution in [2.75, 3.05) is 44.2 Å². The maximum Gasteiger partial charge on any atom is 0.255 e. The normalized spacial score (nSPS) is 19.0. The van der Waals surface area contributed by atoms with Gasteiger partial charge in [0.25, 0.3) is 5.91 Å². The smallest absolute Gasteiger partial charge is 0.255 e. The highest BCUT2D eigenvalue weighted by Crippen LogP contribution is 2.21. The van der Waals surface area contributed by atoms with E-state index >= 15 is 0 Å². The molecule has 0 atom stereocenters. The van der Waals surface area contributed by atoms with E-state index in [1.807, 2.05) is 17.2 Å². The molecule has 2 aromatic rings. The number of carbonyl (C=O) groups is 1. The van der Waals surface area contributed by atoms with Crippen LogP contribution in [0.1, 0.15) is 35.7 Å². The van der Waals surface area contributed by atoms with Crippen molar-refractivity contribution >= 4 is 11.6 Å². The predicted molar refractivity (Wildman–Crippen MR) is 112 cm³/mol. The molecule has 0 saturated carbocycles. The van der Waals surface area contributed by atoms with E-state index < -0.39 is 0 Å². The maximum atomic E-state index is 12.9. The Hall–Kier alpha value is -2.40. The van der Waals surface area contributed by atoms with Crippen LogP contribution in [0.3, 0.4) is 0 Å². The zero-order valence-corrected chi connectivity index (χ0v) is 16.8. The molecule has 4 rings (SSSR count). The zero-order valence-electron chi connectivity index (χ0n) is 16.8. The van der Waals surface area contributed by atoms with Crippen LogP contribution in [0.4, 0.5) is 5.69 Å². The van der Waals surface area contributed by atoms with Crippen LogP contribution >= 0.6 is 0 Å². The van der Waals surface area contributed by atoms with Crippen LogP contribution in [0.25, 0.3) is 0 Å². The standard InChI is InChI=1S/C23H30N4O/c1-19-7-9-27(10-8-19)23(28)21-15-22(17-24-16-21)26-13-11-25(12-14-26)18-20-5-3-2-4-6-20/h2-6,15-17,19H,7-14,18H2,1H3. The van der Waals surface area contributed by atoms with Crippen LogP contribution in [0.5, 0.6) is 0 Å². The third kappa shape index (κ3) is 4.53. The van der Waals surface area contributed by atoms with Gasteiger partial charge in [-0.3, -0.25) is 14.7 Å². The van der Waals surface area contributed by atoms with E-state index in [0.29, 0.717) is 0 Å². The van der Waals surface area contributed by atoms with E-state index in [1.165, 1.54) is 5.56 Å². The van der Waals surface area contributed by atoms with Gasteiger partial charge in [0.1, 0.15) is 0 Å². The summed E-state index contributed by atoms with van der Waals surface area (Å²) in [5.41, 5.74) is 3.15. The van der Waals surface area contributed by atoms with Crippen LogP contribution in [0, 0.1) is 5.92 Å². The highest BCUT2D eigenvalue weighted by molar-refractivity contribution is 5.94. The minimum Gasteiger partial charge on any atom is -0.368 e. The molecule has 2 fully saturated rings. The molecule has 0 radical (unpaired) electrons. The summed E-state index contributed by atoms with van der Waals surface area (Å²) in [6.07, 6.45) is 5.81. The van der Waals surface area contributed by atoms with Crippen molar-refractivity contribution in [1.82, 2.24) is 14.8 Å². The molecule has 2 aliphatic rings. The van der Waals surface area contributed by atoms with Gasteiger partial charge in [0, 0.05) is 52.0 Å². The largest absolute Gasteiger partial charge is 0.368 e. The van der Waals surface area contributed by atoms with Gasteiger partial charge >= 0.3 is 0 Å². The Morgan fingerprint density at radius 3 is 2.43 bits per heavy atom. The molecule has 0 aliphatic carbocycles. The highest BCUT2D eigenvalue weighted by Gasteiger charge is 2.23. The van der Waals surface area contributed by atoms with Crippen LogP contribution in [-0.4, -0.2) is 60.0 Å². The average Bonchev–Trinajstić information content (AvgIpc) is 2.75. The third-order valence-corrected chi connectivity index (χ3v) is 6.03. The van der Waals surface area contributed by atoms with Crippen LogP contribution in [-0.2, 0) is 6.54 Å². The molecule has 2 aliphatic heterocycles. The zero-order chi connectivity index (χ0) is 19.3. The average molecular weight is 379 g/mol. The quantitative estimate of drug-likeness (QED) is 0.819. The molecular formula is C23H30N4O. The third-order valence-electron chi connectivity index (χ3n) is 6.03. The summed E-state index contributed by atoms with van der Waals surface area (Å²) in [6, 6.07) is 12.7. The molecule has 5 heteroatoms. The summed E-state index contributed by atoms with van der Waals surface area (Å²) in [5.74, 6) is 0.852. The number of amides is 1. The Kier molecular flexibility index (Phi) is 5.91. The lowest BCUT2D eigenvalue weighted by atomic mass is 9.99. The molecule has 1 aromatic heterocycles. The van der Waals surface area contributed by atoms with Crippen LogP contribution < -0.4 is 4.90 Å². The second kappa shape index (κ2) is 8.74. The first-order chi connectivity index (χ1) is 13.7. The van der Waals surface area contributed by atoms with E-state index in [0.717, 1.165) is 75.8 Å². The fourth-order valence-corrected chi connectivity index (χ4v) is 4.12. The molecule has 0 bridgehead atoms. The second-order valence-electron chi connectivity index (χ2n) is 8.16. The Morgan fingerprint density at radius 2 is 1.71 bits per heavy atom. The summed E-state index contributed by atoms with van der Waals surface area (Å²) in [4.78, 5) is 24.1. The van der Waals surface area contributed by atoms with Gasteiger partial charge in [-0.2, -0.15) is 0 Å². The number of carbonyl (C=O) groups excluding carboxylic acids is 1. The Morgan fingerprint density at radius 1 is 1.00 bits per heavy atom. The van der Waals surface area contributed by atoms with E-state index in [-0.39, 0.29) is 5.91 Å². The van der Waals surface area contributed by atoms with Gasteiger partial charge < -0.3 is 9.80 Å². The Bertz CT molecular complexity index is 778. The van der Waals surface area contributed by atoms with E-state index in [9.17, 15) is 4.79 Å². The molecule has 28 heavy (non-hydrogen) atoms. The molecule has 2 saturated heterocycles. The van der Waals surface area contributed by atoms with Crippen molar-refractivity contribution in [3.63, 3.8) is 0 Å². The molecular weight excluding hydrogens is 348 g/mol. The lowest BCUT2D eigenvalue weighted by molar-refractivity contribution is 0.0697. The first kappa shape index (κ1) is 18.9. The Balaban J connectivity index is 1.35. The first-order valence-electron chi connectivity index (χ1n) is 10.4. The molecule has 5 nitrogen and oxygen atoms in total. The highest BCUT2D eigenvalue weighted by atomic mass is 16.2. The van der Waals surface area contributed by atoms with Gasteiger partial charge in [0.15, 0.2) is 0 Å². The van der Waals surface area contributed by atoms with E-state index in [1.54, 1.807) is 6.20 Å². The minimum atomic E-state index is 0.129. The summed E-state index contributed by atoms with van der Waals surface area (Å²) >= 11 is 0. The van der Waals surface area contributed by atoms with Crippen molar-refractivity contribution in [2.24, 2.45) is 5.92 Å². The topological polar surface area (TPSA) is 39.7 Å². The summed E-state index contributed by atoms with van der Waals surface area (Å²) in [7, 11) is 0. The summed E-state index contributed by atoms with van der Waals surface area (Å²) in [5, 5.41) is 0. The van der Waals surface area contributed by atoms with Gasteiger partial charge in [-0.25, -0.2) is 0 Å². The van der Waals surface area contributed by atoms with Crippen molar-refractivity contribution in [3.05, 3.63) is 59.9 Å². The fraction of sp³-hybridized carbons (Fsp3) is 0.478. The number of benzene rings is 1. The number of rotatable bonds is 4. The number of hydrogen-bond acceptors (Lipinski definition) is 4. The minimum absolute atomic E-state index is 0.129. The number of pyridine rings is 1. The SMILES string of the molecule is CC1CCN(C(=O)c2cncc(N3CCN(Cc4ccccc4)CC3)c2)CC1. The molecule has 1 aromatic carbocycles. The monoisotopic (exact) mass is 378 g/mol. The van der Waals surface area contributed by atoms with E-state index in [2.05, 4.69) is 52.0 Å². The molecule has 0 spiro atoms. The van der Waals surface area contributed by atoms with Crippen LogP contribution in [0.2, 0.25) is 0 Å². The van der Waals surface area contributed by atoms with Gasteiger partial charge in [-0.05, 0) is 30.4 Å². The predicted octanol–water partition coefficient (Wildman–Crippen LogP) is 3.28. The van der Waals surface area contributed by atoms with Gasteiger partial charge in [-0.15, -0.1) is 0 Å². The van der Waals surface area contributed by atoms with Gasteiger partial charge in [0.05, 0.1) is 17.4 Å². The van der Waals surface area contributed by atoms with Crippen LogP contribution in [0.15, 0.2) is 48.8 Å².